The summed E-state index contributed by atoms with van der Waals surface area (Å²) in [5, 5.41) is 52.6. The summed E-state index contributed by atoms with van der Waals surface area (Å²) in [6, 6.07) is 38.9. The second-order valence-corrected chi connectivity index (χ2v) is 16.8. The third-order valence-corrected chi connectivity index (χ3v) is 10.5. The van der Waals surface area contributed by atoms with Crippen molar-refractivity contribution in [3.05, 3.63) is 183 Å². The lowest BCUT2D eigenvalue weighted by Gasteiger charge is -1.98. The van der Waals surface area contributed by atoms with Gasteiger partial charge >= 0.3 is 0 Å². The number of hydrogen-bond acceptors (Lipinski definition) is 17. The molecule has 14 rings (SSSR count). The van der Waals surface area contributed by atoms with Crippen LogP contribution in [0, 0.1) is 6.92 Å². The highest BCUT2D eigenvalue weighted by Crippen LogP contribution is 2.14. The Morgan fingerprint density at radius 3 is 1.63 bits per heavy atom. The van der Waals surface area contributed by atoms with Gasteiger partial charge in [-0.2, -0.15) is 25.2 Å². The molecule has 0 saturated carbocycles. The summed E-state index contributed by atoms with van der Waals surface area (Å²) < 4.78 is 10.9. The van der Waals surface area contributed by atoms with E-state index < -0.39 is 0 Å². The van der Waals surface area contributed by atoms with Crippen molar-refractivity contribution in [2.24, 2.45) is 64.8 Å². The molecule has 0 bridgehead atoms. The number of imidazole rings is 1. The van der Waals surface area contributed by atoms with Crippen LogP contribution in [-0.4, -0.2) is 143 Å². The second kappa shape index (κ2) is 32.0. The van der Waals surface area contributed by atoms with Gasteiger partial charge in [-0.3, -0.25) is 28.6 Å². The van der Waals surface area contributed by atoms with Crippen molar-refractivity contribution in [2.45, 2.75) is 13.3 Å². The predicted octanol–water partition coefficient (Wildman–Crippen LogP) is 6.18. The molecule has 8 aromatic heterocycles. The van der Waals surface area contributed by atoms with Gasteiger partial charge in [-0.25, -0.2) is 19.7 Å². The zero-order valence-corrected chi connectivity index (χ0v) is 45.8. The molecule has 408 valence electrons. The number of aryl methyl sites for hydroxylation is 8. The molecule has 0 unspecified atom stereocenters. The molecule has 0 saturated heterocycles. The van der Waals surface area contributed by atoms with Crippen molar-refractivity contribution in [1.29, 1.82) is 0 Å². The molecule has 2 aliphatic heterocycles. The second-order valence-electron chi connectivity index (χ2n) is 16.8. The smallest absolute Gasteiger partial charge is 0.267 e. The molecular weight excluding hydrogens is 1000 g/mol. The van der Waals surface area contributed by atoms with Crippen LogP contribution in [0.25, 0.3) is 43.7 Å². The van der Waals surface area contributed by atoms with Crippen LogP contribution < -0.4 is 0 Å². The maximum Gasteiger partial charge on any atom is 0.267 e. The lowest BCUT2D eigenvalue weighted by molar-refractivity contribution is -0.127. The van der Waals surface area contributed by atoms with Crippen molar-refractivity contribution in [3.8, 4) is 0 Å². The number of rotatable bonds is 0. The third-order valence-electron chi connectivity index (χ3n) is 10.5. The first-order valence-corrected chi connectivity index (χ1v) is 24.2. The van der Waals surface area contributed by atoms with Crippen LogP contribution in [0.3, 0.4) is 0 Å². The molecule has 26 nitrogen and oxygen atoms in total. The summed E-state index contributed by atoms with van der Waals surface area (Å²) in [6.07, 6.45) is 19.7. The fourth-order valence-corrected chi connectivity index (χ4v) is 6.40. The van der Waals surface area contributed by atoms with E-state index in [1.54, 1.807) is 62.4 Å². The summed E-state index contributed by atoms with van der Waals surface area (Å²) in [4.78, 5) is 30.5. The third kappa shape index (κ3) is 21.0. The van der Waals surface area contributed by atoms with Crippen molar-refractivity contribution in [1.82, 2.24) is 104 Å². The number of pyridine rings is 1. The number of hydrazone groups is 1. The van der Waals surface area contributed by atoms with Gasteiger partial charge in [0.05, 0.1) is 54.3 Å². The van der Waals surface area contributed by atoms with E-state index in [1.807, 2.05) is 117 Å². The van der Waals surface area contributed by atoms with Gasteiger partial charge in [0.1, 0.15) is 12.9 Å². The molecule has 12 aromatic rings. The average Bonchev–Trinajstić information content (AvgIpc) is 4.34. The Balaban J connectivity index is 0.000000163. The number of fused-ring (bicyclic) bond motifs is 4. The zero-order chi connectivity index (χ0) is 56.8. The van der Waals surface area contributed by atoms with E-state index in [0.717, 1.165) is 11.0 Å². The summed E-state index contributed by atoms with van der Waals surface area (Å²) in [5.74, 6) is 0.0278. The number of amides is 2. The van der Waals surface area contributed by atoms with Crippen molar-refractivity contribution < 1.29 is 9.59 Å². The molecule has 0 radical (unpaired) electrons. The van der Waals surface area contributed by atoms with E-state index in [9.17, 15) is 9.59 Å². The number of aromatic nitrogens is 19. The average molecular weight is 1070 g/mol. The topological polar surface area (TPSA) is 267 Å². The summed E-state index contributed by atoms with van der Waals surface area (Å²) >= 11 is 0. The molecule has 79 heavy (non-hydrogen) atoms. The Labute approximate surface area is 455 Å². The van der Waals surface area contributed by atoms with Crippen molar-refractivity contribution in [2.75, 3.05) is 20.6 Å². The van der Waals surface area contributed by atoms with E-state index in [1.165, 1.54) is 70.4 Å². The molecule has 10 heterocycles. The molecule has 0 fully saturated rings. The van der Waals surface area contributed by atoms with Gasteiger partial charge in [-0.15, -0.1) is 20.4 Å². The van der Waals surface area contributed by atoms with Crippen molar-refractivity contribution in [3.63, 3.8) is 0 Å². The fraction of sp³-hybridized carbons (Fsp3) is 0.226. The van der Waals surface area contributed by atoms with Crippen LogP contribution in [0.2, 0.25) is 0 Å². The number of carbonyl (C=O) groups excluding carboxylic acids is 2. The Morgan fingerprint density at radius 1 is 0.494 bits per heavy atom. The molecule has 26 heteroatoms. The van der Waals surface area contributed by atoms with Gasteiger partial charge < -0.3 is 9.13 Å². The van der Waals surface area contributed by atoms with E-state index in [4.69, 9.17) is 0 Å². The van der Waals surface area contributed by atoms with Gasteiger partial charge in [-0.05, 0) is 82.0 Å². The van der Waals surface area contributed by atoms with Crippen LogP contribution in [-0.2, 0) is 58.9 Å². The predicted molar refractivity (Wildman–Crippen MR) is 301 cm³/mol. The van der Waals surface area contributed by atoms with Crippen LogP contribution in [0.5, 0.6) is 0 Å². The van der Waals surface area contributed by atoms with Crippen LogP contribution in [0.4, 0.5) is 0 Å². The summed E-state index contributed by atoms with van der Waals surface area (Å²) in [5.41, 5.74) is 7.00. The fourth-order valence-electron chi connectivity index (χ4n) is 6.40. The van der Waals surface area contributed by atoms with Crippen LogP contribution in [0.1, 0.15) is 12.0 Å². The number of para-hydroxylation sites is 5. The van der Waals surface area contributed by atoms with Crippen LogP contribution >= 0.6 is 0 Å². The molecule has 0 N–H and O–H groups in total. The molecule has 0 atom stereocenters. The van der Waals surface area contributed by atoms with Gasteiger partial charge in [0, 0.05) is 110 Å². The van der Waals surface area contributed by atoms with Crippen molar-refractivity contribution >= 4 is 61.8 Å². The first-order chi connectivity index (χ1) is 38.2. The molecule has 2 aliphatic rings. The first-order valence-electron chi connectivity index (χ1n) is 24.2. The highest BCUT2D eigenvalue weighted by molar-refractivity contribution is 5.93. The number of carbonyl (C=O) groups is 2. The molecular formula is C53H64N24O2. The Morgan fingerprint density at radius 2 is 1.19 bits per heavy atom. The Bertz CT molecular complexity index is 3320. The highest BCUT2D eigenvalue weighted by atomic mass is 16.2. The van der Waals surface area contributed by atoms with E-state index >= 15 is 0 Å². The number of benzene rings is 4. The number of tetrazole rings is 2. The van der Waals surface area contributed by atoms with Gasteiger partial charge in [0.25, 0.3) is 5.91 Å². The largest absolute Gasteiger partial charge is 0.351 e. The molecule has 4 aromatic carbocycles. The minimum absolute atomic E-state index is 0.0417. The molecule has 0 spiro atoms. The maximum absolute atomic E-state index is 10.4. The van der Waals surface area contributed by atoms with Crippen LogP contribution in [0.15, 0.2) is 193 Å². The first kappa shape index (κ1) is 59.3. The molecule has 0 aliphatic carbocycles. The number of hydrogen-bond donors (Lipinski definition) is 0. The highest BCUT2D eigenvalue weighted by Gasteiger charge is 2.11. The zero-order valence-electron chi connectivity index (χ0n) is 45.8. The lowest BCUT2D eigenvalue weighted by atomic mass is 10.2. The summed E-state index contributed by atoms with van der Waals surface area (Å²) in [6.45, 7) is 2.27. The van der Waals surface area contributed by atoms with E-state index in [-0.39, 0.29) is 18.4 Å². The standard InChI is InChI=1S/C10H9N.C9H9N.2C8H8N2.C4H6N2O.C4H6N2.C3H5N3O.C3H5N3.2C2H4N4/c1-8-6-9-4-2-3-5-10(9)11-7-8;1-10-7-6-8-4-2-3-5-9(8)10;1-10-6-9-7-4-2-3-5-8(7)10;1-10-8-5-3-2-4-7(8)6-9-10;1-6-4(7)2-3-5-6;1-6-4-2-3-5-6;1-6-3(7)2-4-5-6;1-6-3-2-4-5-6;1-6-2-3-4-5-6;1-6-4-2-3-5-6/h2-7H,1H3;2-7H,1H3;2*2-6H,1H3;3H,2H2,1H3;2-4H,1H3;2H2,1H3;2-3H,1H3;2*2H,1H3. The Kier molecular flexibility index (Phi) is 24.1. The SMILES string of the molecule is CN1N=CCC1=O.CN1N=NCC1=O.Cc1cnc2ccccc2c1.Cn1ccc2ccccc21.Cn1cccn1.Cn1ccnn1.Cn1cnc2ccccc21.Cn1cnnn1.Cn1ncc2ccccc21.Cn1ncnn1. The van der Waals surface area contributed by atoms with E-state index in [2.05, 4.69) is 162 Å². The van der Waals surface area contributed by atoms with Gasteiger partial charge in [0.2, 0.25) is 5.91 Å². The Hall–Kier alpha value is -10.5. The monoisotopic (exact) mass is 1070 g/mol. The number of likely N-dealkylation sites (N-methyl/N-ethyl adjacent to an activating group) is 1. The maximum atomic E-state index is 10.4. The minimum Gasteiger partial charge on any atom is -0.351 e. The minimum atomic E-state index is -0.0417. The lowest BCUT2D eigenvalue weighted by Crippen LogP contribution is -2.16. The van der Waals surface area contributed by atoms with Gasteiger partial charge in [0.15, 0.2) is 6.33 Å². The molecule has 2 amide bonds. The quantitative estimate of drug-likeness (QED) is 0.164. The number of nitrogens with zero attached hydrogens (tertiary/aromatic N) is 24. The van der Waals surface area contributed by atoms with E-state index in [0.29, 0.717) is 6.42 Å². The van der Waals surface area contributed by atoms with Gasteiger partial charge in [-0.1, -0.05) is 77.2 Å². The normalized spacial score (nSPS) is 11.5. The summed E-state index contributed by atoms with van der Waals surface area (Å²) in [7, 11) is 16.4.